The molecule has 2 N–H and O–H groups in total. The average molecular weight is 270 g/mol. The molecule has 2 rings (SSSR count). The largest absolute Gasteiger partial charge is 0.489 e. The fraction of sp³-hybridized carbons (Fsp3) is 0.0769. The first kappa shape index (κ1) is 12.6. The van der Waals surface area contributed by atoms with Crippen LogP contribution in [0.5, 0.6) is 5.75 Å². The maximum Gasteiger partial charge on any atom is 0.165 e. The van der Waals surface area contributed by atoms with Crippen LogP contribution in [-0.4, -0.2) is 0 Å². The first-order valence-electron chi connectivity index (χ1n) is 5.18. The number of anilines is 1. The second-order valence-corrected chi connectivity index (χ2v) is 4.09. The number of hydrogen-bond acceptors (Lipinski definition) is 2. The molecule has 2 aromatic carbocycles. The van der Waals surface area contributed by atoms with Crippen LogP contribution in [0.1, 0.15) is 5.56 Å². The molecule has 0 spiro atoms. The third-order valence-electron chi connectivity index (χ3n) is 2.40. The summed E-state index contributed by atoms with van der Waals surface area (Å²) in [5.74, 6) is -1.36. The summed E-state index contributed by atoms with van der Waals surface area (Å²) >= 11 is 5.81. The van der Waals surface area contributed by atoms with Crippen molar-refractivity contribution in [3.63, 3.8) is 0 Å². The Balaban J connectivity index is 2.11. The van der Waals surface area contributed by atoms with Crippen molar-refractivity contribution < 1.29 is 13.5 Å². The number of rotatable bonds is 3. The van der Waals surface area contributed by atoms with E-state index in [0.29, 0.717) is 16.5 Å². The van der Waals surface area contributed by atoms with Crippen molar-refractivity contribution >= 4 is 17.3 Å². The smallest absolute Gasteiger partial charge is 0.165 e. The minimum Gasteiger partial charge on any atom is -0.489 e. The Hall–Kier alpha value is -1.81. The van der Waals surface area contributed by atoms with Gasteiger partial charge < -0.3 is 10.5 Å². The second-order valence-electron chi connectivity index (χ2n) is 3.68. The van der Waals surface area contributed by atoms with Gasteiger partial charge in [0.05, 0.1) is 10.7 Å². The van der Waals surface area contributed by atoms with Crippen LogP contribution < -0.4 is 10.5 Å². The van der Waals surface area contributed by atoms with Crippen molar-refractivity contribution in [3.05, 3.63) is 58.6 Å². The van der Waals surface area contributed by atoms with E-state index in [-0.39, 0.29) is 12.2 Å². The molecular formula is C13H10ClF2NO. The molecule has 2 aromatic rings. The summed E-state index contributed by atoms with van der Waals surface area (Å²) in [6.45, 7) is -0.0795. The number of hydrogen-bond donors (Lipinski definition) is 1. The molecule has 18 heavy (non-hydrogen) atoms. The summed E-state index contributed by atoms with van der Waals surface area (Å²) in [6, 6.07) is 8.65. The molecule has 0 aromatic heterocycles. The van der Waals surface area contributed by atoms with E-state index in [2.05, 4.69) is 0 Å². The van der Waals surface area contributed by atoms with Crippen LogP contribution >= 0.6 is 11.6 Å². The molecule has 0 bridgehead atoms. The van der Waals surface area contributed by atoms with Crippen LogP contribution in [0, 0.1) is 11.6 Å². The van der Waals surface area contributed by atoms with Gasteiger partial charge in [0.25, 0.3) is 0 Å². The van der Waals surface area contributed by atoms with Gasteiger partial charge in [0, 0.05) is 11.6 Å². The van der Waals surface area contributed by atoms with Gasteiger partial charge in [0.2, 0.25) is 0 Å². The van der Waals surface area contributed by atoms with Crippen LogP contribution in [0.25, 0.3) is 0 Å². The van der Waals surface area contributed by atoms with Crippen molar-refractivity contribution in [2.75, 3.05) is 5.73 Å². The van der Waals surface area contributed by atoms with E-state index in [1.54, 1.807) is 12.1 Å². The van der Waals surface area contributed by atoms with Gasteiger partial charge in [-0.15, -0.1) is 0 Å². The molecule has 0 saturated heterocycles. The highest BCUT2D eigenvalue weighted by molar-refractivity contribution is 6.33. The molecule has 0 amide bonds. The summed E-state index contributed by atoms with van der Waals surface area (Å²) in [6.07, 6.45) is 0. The predicted molar refractivity (Wildman–Crippen MR) is 66.6 cm³/mol. The highest BCUT2D eigenvalue weighted by Crippen LogP contribution is 2.25. The molecule has 0 heterocycles. The van der Waals surface area contributed by atoms with Crippen molar-refractivity contribution in [2.24, 2.45) is 0 Å². The first-order chi connectivity index (χ1) is 8.58. The fourth-order valence-corrected chi connectivity index (χ4v) is 1.59. The normalized spacial score (nSPS) is 10.4. The zero-order valence-corrected chi connectivity index (χ0v) is 10.0. The molecule has 2 nitrogen and oxygen atoms in total. The predicted octanol–water partition coefficient (Wildman–Crippen LogP) is 3.78. The van der Waals surface area contributed by atoms with Crippen molar-refractivity contribution in [3.8, 4) is 5.75 Å². The van der Waals surface area contributed by atoms with Crippen LogP contribution in [0.2, 0.25) is 5.02 Å². The first-order valence-corrected chi connectivity index (χ1v) is 5.56. The molecule has 94 valence electrons. The van der Waals surface area contributed by atoms with Gasteiger partial charge in [0.1, 0.15) is 12.4 Å². The monoisotopic (exact) mass is 269 g/mol. The van der Waals surface area contributed by atoms with Crippen LogP contribution in [-0.2, 0) is 6.61 Å². The Kier molecular flexibility index (Phi) is 3.67. The maximum atomic E-state index is 13.3. The SMILES string of the molecule is Nc1ccc(OCc2cccc(F)c2F)cc1Cl. The Morgan fingerprint density at radius 3 is 2.67 bits per heavy atom. The Morgan fingerprint density at radius 2 is 1.94 bits per heavy atom. The highest BCUT2D eigenvalue weighted by atomic mass is 35.5. The summed E-state index contributed by atoms with van der Waals surface area (Å²) in [7, 11) is 0. The van der Waals surface area contributed by atoms with E-state index >= 15 is 0 Å². The van der Waals surface area contributed by atoms with Gasteiger partial charge in [-0.2, -0.15) is 0 Å². The molecule has 0 radical (unpaired) electrons. The topological polar surface area (TPSA) is 35.2 Å². The number of nitrogens with two attached hydrogens (primary N) is 1. The maximum absolute atomic E-state index is 13.3. The van der Waals surface area contributed by atoms with Crippen molar-refractivity contribution in [1.82, 2.24) is 0 Å². The Bertz CT molecular complexity index is 575. The number of halogens is 3. The van der Waals surface area contributed by atoms with Gasteiger partial charge in [-0.3, -0.25) is 0 Å². The summed E-state index contributed by atoms with van der Waals surface area (Å²) in [4.78, 5) is 0. The fourth-order valence-electron chi connectivity index (χ4n) is 1.42. The molecular weight excluding hydrogens is 260 g/mol. The van der Waals surface area contributed by atoms with E-state index in [1.165, 1.54) is 18.2 Å². The molecule has 0 saturated carbocycles. The number of nitrogen functional groups attached to an aromatic ring is 1. The van der Waals surface area contributed by atoms with E-state index in [4.69, 9.17) is 22.1 Å². The lowest BCUT2D eigenvalue weighted by Crippen LogP contribution is -2.00. The average Bonchev–Trinajstić information content (AvgIpc) is 2.35. The zero-order valence-electron chi connectivity index (χ0n) is 9.29. The van der Waals surface area contributed by atoms with Gasteiger partial charge in [-0.1, -0.05) is 23.7 Å². The minimum atomic E-state index is -0.904. The lowest BCUT2D eigenvalue weighted by molar-refractivity contribution is 0.297. The Labute approximate surface area is 108 Å². The zero-order chi connectivity index (χ0) is 13.1. The van der Waals surface area contributed by atoms with E-state index in [0.717, 1.165) is 6.07 Å². The van der Waals surface area contributed by atoms with Gasteiger partial charge in [0.15, 0.2) is 11.6 Å². The quantitative estimate of drug-likeness (QED) is 0.861. The van der Waals surface area contributed by atoms with Gasteiger partial charge in [-0.05, 0) is 18.2 Å². The lowest BCUT2D eigenvalue weighted by Gasteiger charge is -2.08. The van der Waals surface area contributed by atoms with Crippen LogP contribution in [0.4, 0.5) is 14.5 Å². The summed E-state index contributed by atoms with van der Waals surface area (Å²) < 4.78 is 31.6. The van der Waals surface area contributed by atoms with Crippen molar-refractivity contribution in [2.45, 2.75) is 6.61 Å². The van der Waals surface area contributed by atoms with Crippen LogP contribution in [0.15, 0.2) is 36.4 Å². The third kappa shape index (κ3) is 2.71. The molecule has 0 fully saturated rings. The third-order valence-corrected chi connectivity index (χ3v) is 2.73. The van der Waals surface area contributed by atoms with Crippen molar-refractivity contribution in [1.29, 1.82) is 0 Å². The second kappa shape index (κ2) is 5.23. The van der Waals surface area contributed by atoms with Crippen LogP contribution in [0.3, 0.4) is 0 Å². The molecule has 0 aliphatic carbocycles. The molecule has 0 unspecified atom stereocenters. The van der Waals surface area contributed by atoms with Gasteiger partial charge >= 0.3 is 0 Å². The van der Waals surface area contributed by atoms with Gasteiger partial charge in [-0.25, -0.2) is 8.78 Å². The highest BCUT2D eigenvalue weighted by Gasteiger charge is 2.08. The molecule has 0 atom stereocenters. The Morgan fingerprint density at radius 1 is 1.17 bits per heavy atom. The minimum absolute atomic E-state index is 0.0795. The molecule has 0 aliphatic rings. The number of ether oxygens (including phenoxy) is 1. The van der Waals surface area contributed by atoms with E-state index in [9.17, 15) is 8.78 Å². The summed E-state index contributed by atoms with van der Waals surface area (Å²) in [5.41, 5.74) is 6.12. The standard InChI is InChI=1S/C13H10ClF2NO/c14-10-6-9(4-5-12(10)17)18-7-8-2-1-3-11(15)13(8)16/h1-6H,7,17H2. The molecule has 5 heteroatoms. The lowest BCUT2D eigenvalue weighted by atomic mass is 10.2. The number of benzene rings is 2. The van der Waals surface area contributed by atoms with E-state index in [1.807, 2.05) is 0 Å². The summed E-state index contributed by atoms with van der Waals surface area (Å²) in [5, 5.41) is 0.354. The van der Waals surface area contributed by atoms with E-state index < -0.39 is 11.6 Å². The molecule has 0 aliphatic heterocycles.